The number of nitrogens with two attached hydrogens (primary N) is 1. The van der Waals surface area contributed by atoms with Gasteiger partial charge in [0.05, 0.1) is 0 Å². The average Bonchev–Trinajstić information content (AvgIpc) is 2.31. The molecule has 3 nitrogen and oxygen atoms in total. The predicted molar refractivity (Wildman–Crippen MR) is 78.2 cm³/mol. The molecule has 0 saturated heterocycles. The van der Waals surface area contributed by atoms with Crippen LogP contribution in [0.3, 0.4) is 0 Å². The van der Waals surface area contributed by atoms with Gasteiger partial charge in [-0.2, -0.15) is 0 Å². The summed E-state index contributed by atoms with van der Waals surface area (Å²) in [4.78, 5) is 11.8. The van der Waals surface area contributed by atoms with Gasteiger partial charge in [-0.3, -0.25) is 4.79 Å². The molecule has 1 rings (SSSR count). The van der Waals surface area contributed by atoms with Crippen LogP contribution in [0.5, 0.6) is 0 Å². The topological polar surface area (TPSA) is 52.3 Å². The monoisotopic (exact) mass is 283 g/mol. The Labute approximate surface area is 120 Å². The van der Waals surface area contributed by atoms with Crippen LogP contribution in [0.1, 0.15) is 39.2 Å². The van der Waals surface area contributed by atoms with Crippen molar-refractivity contribution in [2.75, 3.05) is 0 Å². The lowest BCUT2D eigenvalue weighted by molar-refractivity contribution is -0.158. The molecule has 0 spiro atoms. The normalized spacial score (nSPS) is 13.1. The summed E-state index contributed by atoms with van der Waals surface area (Å²) in [7, 11) is 0. The van der Waals surface area contributed by atoms with Gasteiger partial charge >= 0.3 is 5.97 Å². The number of benzene rings is 1. The summed E-state index contributed by atoms with van der Waals surface area (Å²) in [6, 6.07) is 7.00. The zero-order valence-electron chi connectivity index (χ0n) is 11.8. The Kier molecular flexibility index (Phi) is 5.83. The van der Waals surface area contributed by atoms with E-state index in [-0.39, 0.29) is 5.97 Å². The molecule has 0 unspecified atom stereocenters. The summed E-state index contributed by atoms with van der Waals surface area (Å²) in [6.07, 6.45) is 2.15. The van der Waals surface area contributed by atoms with E-state index in [1.807, 2.05) is 45.0 Å². The maximum atomic E-state index is 11.8. The first-order valence-corrected chi connectivity index (χ1v) is 6.95. The summed E-state index contributed by atoms with van der Waals surface area (Å²) in [5.74, 6) is -0.333. The molecule has 0 fully saturated rings. The third-order valence-electron chi connectivity index (χ3n) is 2.82. The number of ether oxygens (including phenoxy) is 1. The van der Waals surface area contributed by atoms with E-state index in [9.17, 15) is 4.79 Å². The van der Waals surface area contributed by atoms with Crippen LogP contribution in [0.4, 0.5) is 0 Å². The SMILES string of the molecule is CCC[C@@H](N)C(=O)OC(C)(C)Cc1ccc(Cl)cc1. The first-order chi connectivity index (χ1) is 8.84. The first kappa shape index (κ1) is 16.0. The molecular weight excluding hydrogens is 262 g/mol. The lowest BCUT2D eigenvalue weighted by Gasteiger charge is -2.27. The summed E-state index contributed by atoms with van der Waals surface area (Å²) < 4.78 is 5.49. The van der Waals surface area contributed by atoms with E-state index < -0.39 is 11.6 Å². The Morgan fingerprint density at radius 2 is 1.95 bits per heavy atom. The molecule has 106 valence electrons. The third kappa shape index (κ3) is 5.62. The molecule has 0 aliphatic rings. The Morgan fingerprint density at radius 1 is 1.37 bits per heavy atom. The Balaban J connectivity index is 2.60. The van der Waals surface area contributed by atoms with Crippen LogP contribution in [-0.2, 0) is 16.0 Å². The number of hydrogen-bond acceptors (Lipinski definition) is 3. The lowest BCUT2D eigenvalue weighted by atomic mass is 9.98. The molecule has 0 heterocycles. The minimum absolute atomic E-state index is 0.333. The Bertz CT molecular complexity index is 415. The molecule has 1 atom stereocenters. The Morgan fingerprint density at radius 3 is 2.47 bits per heavy atom. The highest BCUT2D eigenvalue weighted by Crippen LogP contribution is 2.19. The van der Waals surface area contributed by atoms with Gasteiger partial charge in [0.2, 0.25) is 0 Å². The van der Waals surface area contributed by atoms with E-state index in [0.29, 0.717) is 17.9 Å². The maximum absolute atomic E-state index is 11.8. The summed E-state index contributed by atoms with van der Waals surface area (Å²) in [6.45, 7) is 5.77. The molecule has 0 saturated carbocycles. The highest BCUT2D eigenvalue weighted by atomic mass is 35.5. The van der Waals surface area contributed by atoms with Crippen LogP contribution in [0, 0.1) is 0 Å². The average molecular weight is 284 g/mol. The van der Waals surface area contributed by atoms with E-state index in [1.165, 1.54) is 0 Å². The highest BCUT2D eigenvalue weighted by Gasteiger charge is 2.26. The van der Waals surface area contributed by atoms with Crippen LogP contribution in [0.15, 0.2) is 24.3 Å². The van der Waals surface area contributed by atoms with Crippen molar-refractivity contribution in [3.8, 4) is 0 Å². The predicted octanol–water partition coefficient (Wildman–Crippen LogP) is 3.33. The molecule has 19 heavy (non-hydrogen) atoms. The zero-order chi connectivity index (χ0) is 14.5. The number of esters is 1. The second-order valence-electron chi connectivity index (χ2n) is 5.38. The fourth-order valence-corrected chi connectivity index (χ4v) is 2.03. The molecule has 0 amide bonds. The minimum Gasteiger partial charge on any atom is -0.458 e. The summed E-state index contributed by atoms with van der Waals surface area (Å²) in [5.41, 5.74) is 6.26. The summed E-state index contributed by atoms with van der Waals surface area (Å²) >= 11 is 5.84. The second-order valence-corrected chi connectivity index (χ2v) is 5.82. The molecule has 0 aliphatic carbocycles. The molecule has 0 aromatic heterocycles. The van der Waals surface area contributed by atoms with Gasteiger partial charge in [0.1, 0.15) is 11.6 Å². The smallest absolute Gasteiger partial charge is 0.323 e. The number of carbonyl (C=O) groups excluding carboxylic acids is 1. The van der Waals surface area contributed by atoms with E-state index in [4.69, 9.17) is 22.1 Å². The number of hydrogen-bond donors (Lipinski definition) is 1. The van der Waals surface area contributed by atoms with E-state index in [2.05, 4.69) is 0 Å². The lowest BCUT2D eigenvalue weighted by Crippen LogP contribution is -2.39. The third-order valence-corrected chi connectivity index (χ3v) is 3.07. The van der Waals surface area contributed by atoms with Crippen LogP contribution >= 0.6 is 11.6 Å². The largest absolute Gasteiger partial charge is 0.458 e. The summed E-state index contributed by atoms with van der Waals surface area (Å²) in [5, 5.41) is 0.698. The van der Waals surface area contributed by atoms with Crippen molar-refractivity contribution < 1.29 is 9.53 Å². The zero-order valence-corrected chi connectivity index (χ0v) is 12.5. The quantitative estimate of drug-likeness (QED) is 0.815. The van der Waals surface area contributed by atoms with Crippen LogP contribution in [0.2, 0.25) is 5.02 Å². The first-order valence-electron chi connectivity index (χ1n) is 6.57. The van der Waals surface area contributed by atoms with Gasteiger partial charge in [-0.1, -0.05) is 37.1 Å². The molecule has 0 radical (unpaired) electrons. The van der Waals surface area contributed by atoms with Crippen LogP contribution < -0.4 is 5.73 Å². The standard InChI is InChI=1S/C15H22ClNO2/c1-4-5-13(17)14(18)19-15(2,3)10-11-6-8-12(16)9-7-11/h6-9,13H,4-5,10,17H2,1-3H3/t13-/m1/s1. The van der Waals surface area contributed by atoms with Gasteiger partial charge in [-0.25, -0.2) is 0 Å². The van der Waals surface area contributed by atoms with E-state index in [1.54, 1.807) is 0 Å². The van der Waals surface area contributed by atoms with Gasteiger partial charge in [0, 0.05) is 11.4 Å². The van der Waals surface area contributed by atoms with Crippen molar-refractivity contribution in [2.24, 2.45) is 5.73 Å². The van der Waals surface area contributed by atoms with Crippen molar-refractivity contribution in [3.63, 3.8) is 0 Å². The fourth-order valence-electron chi connectivity index (χ4n) is 1.91. The van der Waals surface area contributed by atoms with Crippen LogP contribution in [-0.4, -0.2) is 17.6 Å². The van der Waals surface area contributed by atoms with Crippen LogP contribution in [0.25, 0.3) is 0 Å². The molecule has 0 aliphatic heterocycles. The number of carbonyl (C=O) groups is 1. The van der Waals surface area contributed by atoms with E-state index in [0.717, 1.165) is 12.0 Å². The number of rotatable bonds is 6. The van der Waals surface area contributed by atoms with Gasteiger partial charge in [0.25, 0.3) is 0 Å². The van der Waals surface area contributed by atoms with Crippen molar-refractivity contribution in [3.05, 3.63) is 34.9 Å². The number of halogens is 1. The van der Waals surface area contributed by atoms with Crippen molar-refractivity contribution in [1.29, 1.82) is 0 Å². The molecule has 1 aromatic rings. The molecule has 0 bridgehead atoms. The van der Waals surface area contributed by atoms with E-state index >= 15 is 0 Å². The maximum Gasteiger partial charge on any atom is 0.323 e. The molecule has 4 heteroatoms. The molecule has 1 aromatic carbocycles. The Hall–Kier alpha value is -1.06. The van der Waals surface area contributed by atoms with Gasteiger partial charge in [-0.05, 0) is 38.0 Å². The van der Waals surface area contributed by atoms with Crippen molar-refractivity contribution in [1.82, 2.24) is 0 Å². The van der Waals surface area contributed by atoms with Crippen molar-refractivity contribution >= 4 is 17.6 Å². The fraction of sp³-hybridized carbons (Fsp3) is 0.533. The second kappa shape index (κ2) is 6.92. The molecular formula is C15H22ClNO2. The van der Waals surface area contributed by atoms with Gasteiger partial charge in [-0.15, -0.1) is 0 Å². The van der Waals surface area contributed by atoms with Gasteiger partial charge in [0.15, 0.2) is 0 Å². The molecule has 2 N–H and O–H groups in total. The van der Waals surface area contributed by atoms with Crippen molar-refractivity contribution in [2.45, 2.75) is 51.7 Å². The van der Waals surface area contributed by atoms with Gasteiger partial charge < -0.3 is 10.5 Å². The highest BCUT2D eigenvalue weighted by molar-refractivity contribution is 6.30. The minimum atomic E-state index is -0.573.